The minimum absolute atomic E-state index is 0.197. The number of hydrogen-bond donors (Lipinski definition) is 2. The van der Waals surface area contributed by atoms with Crippen molar-refractivity contribution in [1.29, 1.82) is 0 Å². The van der Waals surface area contributed by atoms with Gasteiger partial charge < -0.3 is 4.98 Å². The largest absolute Gasteiger partial charge is 0.361 e. The summed E-state index contributed by atoms with van der Waals surface area (Å²) in [6, 6.07) is 11.3. The number of aromatic nitrogens is 2. The Kier molecular flexibility index (Phi) is 3.19. The molecule has 0 aliphatic rings. The van der Waals surface area contributed by atoms with Crippen molar-refractivity contribution in [3.8, 4) is 0 Å². The second-order valence-electron chi connectivity index (χ2n) is 4.35. The van der Waals surface area contributed by atoms with E-state index in [0.29, 0.717) is 5.52 Å². The summed E-state index contributed by atoms with van der Waals surface area (Å²) >= 11 is 0. The molecule has 0 saturated heterocycles. The molecule has 7 heteroatoms. The molecule has 0 spiro atoms. The van der Waals surface area contributed by atoms with Crippen LogP contribution in [0.25, 0.3) is 10.9 Å². The van der Waals surface area contributed by atoms with Gasteiger partial charge in [-0.15, -0.1) is 0 Å². The van der Waals surface area contributed by atoms with Gasteiger partial charge in [0.25, 0.3) is 15.9 Å². The predicted molar refractivity (Wildman–Crippen MR) is 77.2 cm³/mol. The maximum absolute atomic E-state index is 12.2. The fourth-order valence-electron chi connectivity index (χ4n) is 2.01. The third-order valence-corrected chi connectivity index (χ3v) is 4.22. The highest BCUT2D eigenvalue weighted by molar-refractivity contribution is 7.90. The fraction of sp³-hybridized carbons (Fsp3) is 0. The van der Waals surface area contributed by atoms with E-state index in [2.05, 4.69) is 9.97 Å². The molecule has 3 aromatic rings. The van der Waals surface area contributed by atoms with E-state index in [-0.39, 0.29) is 10.6 Å². The summed E-state index contributed by atoms with van der Waals surface area (Å²) < 4.78 is 26.2. The maximum Gasteiger partial charge on any atom is 0.281 e. The molecule has 2 heterocycles. The van der Waals surface area contributed by atoms with Gasteiger partial charge in [-0.1, -0.05) is 18.2 Å². The lowest BCUT2D eigenvalue weighted by Crippen LogP contribution is -2.31. The van der Waals surface area contributed by atoms with Gasteiger partial charge in [-0.2, -0.15) is 8.42 Å². The molecule has 0 aliphatic carbocycles. The van der Waals surface area contributed by atoms with Crippen LogP contribution < -0.4 is 4.72 Å². The Hall–Kier alpha value is -2.67. The zero-order valence-corrected chi connectivity index (χ0v) is 11.6. The molecule has 0 fully saturated rings. The molecule has 0 aliphatic heterocycles. The van der Waals surface area contributed by atoms with Crippen LogP contribution >= 0.6 is 0 Å². The van der Waals surface area contributed by atoms with E-state index in [1.54, 1.807) is 30.5 Å². The first-order valence-corrected chi connectivity index (χ1v) is 7.60. The minimum Gasteiger partial charge on any atom is -0.361 e. The minimum atomic E-state index is -3.98. The van der Waals surface area contributed by atoms with Crippen LogP contribution in [0.2, 0.25) is 0 Å². The standard InChI is InChI=1S/C14H11N3O3S/c18-14(11-5-3-4-10-7-9-16-13(10)11)17-21(19,20)12-6-1-2-8-15-12/h1-9,16H,(H,17,18). The molecule has 1 aromatic carbocycles. The van der Waals surface area contributed by atoms with Crippen LogP contribution in [0.3, 0.4) is 0 Å². The molecule has 0 radical (unpaired) electrons. The van der Waals surface area contributed by atoms with Crippen molar-refractivity contribution in [1.82, 2.24) is 14.7 Å². The molecule has 1 amide bonds. The lowest BCUT2D eigenvalue weighted by molar-refractivity contribution is 0.0983. The lowest BCUT2D eigenvalue weighted by Gasteiger charge is -2.07. The van der Waals surface area contributed by atoms with Crippen molar-refractivity contribution in [3.05, 3.63) is 60.4 Å². The van der Waals surface area contributed by atoms with E-state index < -0.39 is 15.9 Å². The number of rotatable bonds is 3. The van der Waals surface area contributed by atoms with E-state index in [1.165, 1.54) is 18.3 Å². The molecular formula is C14H11N3O3S. The van der Waals surface area contributed by atoms with Gasteiger partial charge in [0.15, 0.2) is 5.03 Å². The average molecular weight is 301 g/mol. The summed E-state index contributed by atoms with van der Waals surface area (Å²) in [6.07, 6.45) is 3.04. The molecule has 0 bridgehead atoms. The summed E-state index contributed by atoms with van der Waals surface area (Å²) in [4.78, 5) is 18.9. The summed E-state index contributed by atoms with van der Waals surface area (Å²) in [5.41, 5.74) is 0.850. The molecule has 3 rings (SSSR count). The number of carbonyl (C=O) groups is 1. The fourth-order valence-corrected chi connectivity index (χ4v) is 2.93. The maximum atomic E-state index is 12.2. The zero-order valence-electron chi connectivity index (χ0n) is 10.8. The van der Waals surface area contributed by atoms with Gasteiger partial charge in [-0.3, -0.25) is 4.79 Å². The molecule has 6 nitrogen and oxygen atoms in total. The third-order valence-electron chi connectivity index (χ3n) is 2.97. The number of fused-ring (bicyclic) bond motifs is 1. The van der Waals surface area contributed by atoms with Crippen LogP contribution in [0.5, 0.6) is 0 Å². The normalized spacial score (nSPS) is 11.4. The number of sulfonamides is 1. The number of para-hydroxylation sites is 1. The van der Waals surface area contributed by atoms with Crippen molar-refractivity contribution in [2.24, 2.45) is 0 Å². The highest BCUT2D eigenvalue weighted by Crippen LogP contribution is 2.17. The summed E-state index contributed by atoms with van der Waals surface area (Å²) in [7, 11) is -3.98. The number of pyridine rings is 1. The van der Waals surface area contributed by atoms with E-state index in [1.807, 2.05) is 10.8 Å². The molecule has 0 saturated carbocycles. The number of aromatic amines is 1. The summed E-state index contributed by atoms with van der Waals surface area (Å²) in [5, 5.41) is 0.634. The van der Waals surface area contributed by atoms with Gasteiger partial charge in [0.05, 0.1) is 11.1 Å². The number of H-pyrrole nitrogens is 1. The molecule has 2 aromatic heterocycles. The van der Waals surface area contributed by atoms with Gasteiger partial charge in [0.1, 0.15) is 0 Å². The van der Waals surface area contributed by atoms with Crippen LogP contribution in [0, 0.1) is 0 Å². The van der Waals surface area contributed by atoms with Crippen molar-refractivity contribution in [2.75, 3.05) is 0 Å². The first-order chi connectivity index (χ1) is 10.1. The van der Waals surface area contributed by atoms with E-state index in [4.69, 9.17) is 0 Å². The highest BCUT2D eigenvalue weighted by Gasteiger charge is 2.21. The van der Waals surface area contributed by atoms with E-state index in [9.17, 15) is 13.2 Å². The molecular weight excluding hydrogens is 290 g/mol. The average Bonchev–Trinajstić information content (AvgIpc) is 2.96. The van der Waals surface area contributed by atoms with Crippen LogP contribution in [-0.2, 0) is 10.0 Å². The Morgan fingerprint density at radius 2 is 1.95 bits per heavy atom. The number of benzene rings is 1. The quantitative estimate of drug-likeness (QED) is 0.770. The SMILES string of the molecule is O=C(NS(=O)(=O)c1ccccn1)c1cccc2cc[nH]c12. The van der Waals surface area contributed by atoms with Crippen molar-refractivity contribution >= 4 is 26.8 Å². The van der Waals surface area contributed by atoms with E-state index >= 15 is 0 Å². The first-order valence-electron chi connectivity index (χ1n) is 6.12. The Bertz CT molecular complexity index is 901. The topological polar surface area (TPSA) is 91.9 Å². The van der Waals surface area contributed by atoms with Gasteiger partial charge >= 0.3 is 0 Å². The Morgan fingerprint density at radius 1 is 1.10 bits per heavy atom. The number of carbonyl (C=O) groups excluding carboxylic acids is 1. The molecule has 0 atom stereocenters. The predicted octanol–water partition coefficient (Wildman–Crippen LogP) is 1.68. The van der Waals surface area contributed by atoms with Crippen molar-refractivity contribution in [2.45, 2.75) is 5.03 Å². The van der Waals surface area contributed by atoms with Gasteiger partial charge in [-0.25, -0.2) is 9.71 Å². The number of hydrogen-bond acceptors (Lipinski definition) is 4. The van der Waals surface area contributed by atoms with E-state index in [0.717, 1.165) is 5.39 Å². The summed E-state index contributed by atoms with van der Waals surface area (Å²) in [5.74, 6) is -0.700. The Morgan fingerprint density at radius 3 is 2.71 bits per heavy atom. The summed E-state index contributed by atoms with van der Waals surface area (Å²) in [6.45, 7) is 0. The van der Waals surface area contributed by atoms with Gasteiger partial charge in [0, 0.05) is 17.8 Å². The molecule has 106 valence electrons. The molecule has 0 unspecified atom stereocenters. The van der Waals surface area contributed by atoms with Gasteiger partial charge in [-0.05, 0) is 24.3 Å². The van der Waals surface area contributed by atoms with Crippen LogP contribution in [0.15, 0.2) is 59.9 Å². The second-order valence-corrected chi connectivity index (χ2v) is 5.98. The number of nitrogens with one attached hydrogen (secondary N) is 2. The Balaban J connectivity index is 1.95. The first kappa shape index (κ1) is 13.3. The second kappa shape index (κ2) is 5.02. The monoisotopic (exact) mass is 301 g/mol. The van der Waals surface area contributed by atoms with Crippen molar-refractivity contribution in [3.63, 3.8) is 0 Å². The number of nitrogens with zero attached hydrogens (tertiary/aromatic N) is 1. The third kappa shape index (κ3) is 2.50. The lowest BCUT2D eigenvalue weighted by atomic mass is 10.1. The van der Waals surface area contributed by atoms with Crippen molar-refractivity contribution < 1.29 is 13.2 Å². The van der Waals surface area contributed by atoms with Crippen LogP contribution in [0.4, 0.5) is 0 Å². The van der Waals surface area contributed by atoms with Crippen LogP contribution in [-0.4, -0.2) is 24.3 Å². The molecule has 2 N–H and O–H groups in total. The molecule has 21 heavy (non-hydrogen) atoms. The number of amides is 1. The van der Waals surface area contributed by atoms with Crippen LogP contribution in [0.1, 0.15) is 10.4 Å². The van der Waals surface area contributed by atoms with Gasteiger partial charge in [0.2, 0.25) is 0 Å². The zero-order chi connectivity index (χ0) is 14.9. The Labute approximate surface area is 120 Å². The highest BCUT2D eigenvalue weighted by atomic mass is 32.2. The smallest absolute Gasteiger partial charge is 0.281 e.